The summed E-state index contributed by atoms with van der Waals surface area (Å²) in [6.45, 7) is -0.194. The number of nitrogens with two attached hydrogens (primary N) is 1. The number of aryl methyl sites for hydroxylation is 2. The first-order valence-electron chi connectivity index (χ1n) is 9.28. The molecule has 2 heterocycles. The molecular weight excluding hydrogens is 395 g/mol. The van der Waals surface area contributed by atoms with Gasteiger partial charge in [0.1, 0.15) is 17.2 Å². The molecule has 3 aromatic rings. The van der Waals surface area contributed by atoms with Gasteiger partial charge in [-0.05, 0) is 49.1 Å². The molecule has 150 valence electrons. The van der Waals surface area contributed by atoms with E-state index in [4.69, 9.17) is 5.73 Å². The fraction of sp³-hybridized carbons (Fsp3) is 0.300. The standard InChI is InChI=1S/C20H19FN4O3S/c21-12-4-6-13(7-5-12)25(9-8-16(22)26)17(27)10-24-11-23-19-18(20(24)28)14-2-1-3-15(14)29-19/h4-7,11H,1-3,8-10H2,(H2,22,26). The van der Waals surface area contributed by atoms with Gasteiger partial charge < -0.3 is 10.6 Å². The fourth-order valence-corrected chi connectivity index (χ4v) is 4.82. The monoisotopic (exact) mass is 414 g/mol. The first-order chi connectivity index (χ1) is 13.9. The van der Waals surface area contributed by atoms with E-state index in [-0.39, 0.29) is 25.1 Å². The molecule has 0 atom stereocenters. The van der Waals surface area contributed by atoms with E-state index in [2.05, 4.69) is 4.98 Å². The molecule has 2 aromatic heterocycles. The number of thiophene rings is 1. The SMILES string of the molecule is NC(=O)CCN(C(=O)Cn1cnc2sc3c(c2c1=O)CCC3)c1ccc(F)cc1. The lowest BCUT2D eigenvalue weighted by molar-refractivity contribution is -0.119. The first kappa shape index (κ1) is 19.3. The van der Waals surface area contributed by atoms with Gasteiger partial charge in [0.05, 0.1) is 11.7 Å². The van der Waals surface area contributed by atoms with Gasteiger partial charge in [-0.15, -0.1) is 11.3 Å². The summed E-state index contributed by atoms with van der Waals surface area (Å²) in [6.07, 6.45) is 4.17. The molecular formula is C20H19FN4O3S. The average molecular weight is 414 g/mol. The van der Waals surface area contributed by atoms with Crippen molar-refractivity contribution in [2.75, 3.05) is 11.4 Å². The molecule has 2 N–H and O–H groups in total. The zero-order chi connectivity index (χ0) is 20.5. The van der Waals surface area contributed by atoms with E-state index in [1.165, 1.54) is 56.3 Å². The number of nitrogens with zero attached hydrogens (tertiary/aromatic N) is 3. The number of hydrogen-bond acceptors (Lipinski definition) is 5. The van der Waals surface area contributed by atoms with Crippen molar-refractivity contribution in [1.82, 2.24) is 9.55 Å². The summed E-state index contributed by atoms with van der Waals surface area (Å²) in [7, 11) is 0. The van der Waals surface area contributed by atoms with Crippen molar-refractivity contribution >= 4 is 39.1 Å². The maximum absolute atomic E-state index is 13.3. The van der Waals surface area contributed by atoms with E-state index in [1.54, 1.807) is 0 Å². The maximum Gasteiger partial charge on any atom is 0.262 e. The second-order valence-corrected chi connectivity index (χ2v) is 8.04. The van der Waals surface area contributed by atoms with E-state index >= 15 is 0 Å². The average Bonchev–Trinajstić information content (AvgIpc) is 3.26. The van der Waals surface area contributed by atoms with Crippen LogP contribution in [0.3, 0.4) is 0 Å². The highest BCUT2D eigenvalue weighted by atomic mass is 32.1. The van der Waals surface area contributed by atoms with Crippen LogP contribution in [-0.4, -0.2) is 27.9 Å². The molecule has 29 heavy (non-hydrogen) atoms. The molecule has 0 bridgehead atoms. The molecule has 1 aromatic carbocycles. The van der Waals surface area contributed by atoms with Crippen LogP contribution in [0.1, 0.15) is 23.3 Å². The molecule has 9 heteroatoms. The second kappa shape index (κ2) is 7.75. The van der Waals surface area contributed by atoms with Crippen LogP contribution >= 0.6 is 11.3 Å². The molecule has 1 aliphatic carbocycles. The fourth-order valence-electron chi connectivity index (χ4n) is 3.60. The third-order valence-electron chi connectivity index (χ3n) is 5.02. The summed E-state index contributed by atoms with van der Waals surface area (Å²) in [5, 5.41) is 0.600. The summed E-state index contributed by atoms with van der Waals surface area (Å²) in [4.78, 5) is 44.8. The number of halogens is 1. The summed E-state index contributed by atoms with van der Waals surface area (Å²) in [6, 6.07) is 5.36. The van der Waals surface area contributed by atoms with Gasteiger partial charge in [-0.3, -0.25) is 19.0 Å². The Hall–Kier alpha value is -3.07. The Morgan fingerprint density at radius 1 is 1.24 bits per heavy atom. The van der Waals surface area contributed by atoms with Gasteiger partial charge in [0.2, 0.25) is 11.8 Å². The van der Waals surface area contributed by atoms with Crippen molar-refractivity contribution in [3.8, 4) is 0 Å². The van der Waals surface area contributed by atoms with E-state index in [0.717, 1.165) is 24.8 Å². The molecule has 0 spiro atoms. The number of benzene rings is 1. The zero-order valence-corrected chi connectivity index (χ0v) is 16.4. The second-order valence-electron chi connectivity index (χ2n) is 6.95. The van der Waals surface area contributed by atoms with Crippen molar-refractivity contribution in [3.05, 3.63) is 57.2 Å². The maximum atomic E-state index is 13.3. The van der Waals surface area contributed by atoms with E-state index in [9.17, 15) is 18.8 Å². The lowest BCUT2D eigenvalue weighted by atomic mass is 10.2. The van der Waals surface area contributed by atoms with E-state index in [1.807, 2.05) is 0 Å². The van der Waals surface area contributed by atoms with E-state index < -0.39 is 17.6 Å². The Bertz CT molecular complexity index is 1150. The van der Waals surface area contributed by atoms with Crippen LogP contribution in [0.5, 0.6) is 0 Å². The molecule has 4 rings (SSSR count). The Morgan fingerprint density at radius 2 is 2.00 bits per heavy atom. The van der Waals surface area contributed by atoms with Crippen LogP contribution in [0.15, 0.2) is 35.4 Å². The van der Waals surface area contributed by atoms with Crippen molar-refractivity contribution in [3.63, 3.8) is 0 Å². The number of rotatable bonds is 6. The number of fused-ring (bicyclic) bond motifs is 3. The van der Waals surface area contributed by atoms with Crippen LogP contribution in [0.2, 0.25) is 0 Å². The Kier molecular flexibility index (Phi) is 5.14. The smallest absolute Gasteiger partial charge is 0.262 e. The molecule has 0 aliphatic heterocycles. The van der Waals surface area contributed by atoms with Crippen LogP contribution in [-0.2, 0) is 29.0 Å². The highest BCUT2D eigenvalue weighted by Crippen LogP contribution is 2.34. The normalized spacial score (nSPS) is 12.9. The van der Waals surface area contributed by atoms with Crippen LogP contribution < -0.4 is 16.2 Å². The van der Waals surface area contributed by atoms with Gasteiger partial charge >= 0.3 is 0 Å². The lowest BCUT2D eigenvalue weighted by Gasteiger charge is -2.22. The molecule has 0 saturated carbocycles. The third-order valence-corrected chi connectivity index (χ3v) is 6.22. The molecule has 1 aliphatic rings. The summed E-state index contributed by atoms with van der Waals surface area (Å²) in [5.41, 5.74) is 6.46. The highest BCUT2D eigenvalue weighted by molar-refractivity contribution is 7.18. The summed E-state index contributed by atoms with van der Waals surface area (Å²) < 4.78 is 14.6. The topological polar surface area (TPSA) is 98.3 Å². The van der Waals surface area contributed by atoms with Crippen LogP contribution in [0.25, 0.3) is 10.2 Å². The van der Waals surface area contributed by atoms with Crippen LogP contribution in [0.4, 0.5) is 10.1 Å². The number of primary amides is 1. The summed E-state index contributed by atoms with van der Waals surface area (Å²) >= 11 is 1.54. The number of amides is 2. The molecule has 2 amide bonds. The summed E-state index contributed by atoms with van der Waals surface area (Å²) in [5.74, 6) is -1.40. The van der Waals surface area contributed by atoms with Gasteiger partial charge in [0.15, 0.2) is 0 Å². The van der Waals surface area contributed by atoms with Gasteiger partial charge in [0.25, 0.3) is 5.56 Å². The lowest BCUT2D eigenvalue weighted by Crippen LogP contribution is -2.38. The predicted molar refractivity (Wildman–Crippen MR) is 108 cm³/mol. The van der Waals surface area contributed by atoms with Gasteiger partial charge in [-0.25, -0.2) is 9.37 Å². The van der Waals surface area contributed by atoms with Crippen LogP contribution in [0, 0.1) is 5.82 Å². The first-order valence-corrected chi connectivity index (χ1v) is 10.1. The Morgan fingerprint density at radius 3 is 2.72 bits per heavy atom. The minimum Gasteiger partial charge on any atom is -0.370 e. The van der Waals surface area contributed by atoms with Gasteiger partial charge in [-0.1, -0.05) is 0 Å². The van der Waals surface area contributed by atoms with E-state index in [0.29, 0.717) is 15.9 Å². The number of carbonyl (C=O) groups is 2. The number of carbonyl (C=O) groups excluding carboxylic acids is 2. The third kappa shape index (κ3) is 3.77. The number of anilines is 1. The predicted octanol–water partition coefficient (Wildman–Crippen LogP) is 1.99. The Balaban J connectivity index is 1.64. The van der Waals surface area contributed by atoms with Gasteiger partial charge in [-0.2, -0.15) is 0 Å². The van der Waals surface area contributed by atoms with Crippen molar-refractivity contribution in [1.29, 1.82) is 0 Å². The number of aromatic nitrogens is 2. The molecule has 0 saturated heterocycles. The molecule has 7 nitrogen and oxygen atoms in total. The number of hydrogen-bond donors (Lipinski definition) is 1. The van der Waals surface area contributed by atoms with Crippen molar-refractivity contribution in [2.24, 2.45) is 5.73 Å². The molecule has 0 radical (unpaired) electrons. The Labute approximate surface area is 169 Å². The molecule has 0 fully saturated rings. The largest absolute Gasteiger partial charge is 0.370 e. The quantitative estimate of drug-likeness (QED) is 0.667. The van der Waals surface area contributed by atoms with Crippen molar-refractivity contribution < 1.29 is 14.0 Å². The van der Waals surface area contributed by atoms with Crippen molar-refractivity contribution in [2.45, 2.75) is 32.2 Å². The van der Waals surface area contributed by atoms with Gasteiger partial charge in [0, 0.05) is 23.5 Å². The highest BCUT2D eigenvalue weighted by Gasteiger charge is 2.23. The zero-order valence-electron chi connectivity index (χ0n) is 15.6. The minimum atomic E-state index is -0.556. The molecule has 0 unspecified atom stereocenters. The minimum absolute atomic E-state index is 0.0398.